The van der Waals surface area contributed by atoms with Gasteiger partial charge in [0.05, 0.1) is 6.21 Å². The molecule has 17 heavy (non-hydrogen) atoms. The van der Waals surface area contributed by atoms with Crippen molar-refractivity contribution >= 4 is 12.2 Å². The van der Waals surface area contributed by atoms with Crippen LogP contribution in [0.1, 0.15) is 11.1 Å². The molecule has 1 aromatic heterocycles. The highest BCUT2D eigenvalue weighted by molar-refractivity contribution is 5.80. The molecule has 0 aliphatic carbocycles. The lowest BCUT2D eigenvalue weighted by Crippen LogP contribution is -2.10. The van der Waals surface area contributed by atoms with E-state index in [1.165, 1.54) is 0 Å². The molecule has 0 fully saturated rings. The maximum Gasteiger partial charge on any atom is 0.271 e. The predicted octanol–water partition coefficient (Wildman–Crippen LogP) is 0.919. The number of nitrogens with one attached hydrogen (secondary N) is 2. The summed E-state index contributed by atoms with van der Waals surface area (Å²) in [6.07, 6.45) is 2.73. The Morgan fingerprint density at radius 2 is 2.35 bits per heavy atom. The number of hydrogen-bond acceptors (Lipinski definition) is 5. The molecule has 1 aromatic carbocycles. The molecule has 0 saturated heterocycles. The summed E-state index contributed by atoms with van der Waals surface area (Å²) in [6.45, 7) is 2.00. The number of aryl methyl sites for hydroxylation is 1. The first-order valence-electron chi connectivity index (χ1n) is 5.02. The molecule has 0 saturated carbocycles. The van der Waals surface area contributed by atoms with Gasteiger partial charge in [0.2, 0.25) is 5.95 Å². The molecule has 2 aromatic rings. The van der Waals surface area contributed by atoms with Gasteiger partial charge in [-0.3, -0.25) is 9.78 Å². The van der Waals surface area contributed by atoms with Gasteiger partial charge in [-0.15, -0.1) is 10.2 Å². The quantitative estimate of drug-likeness (QED) is 0.605. The molecule has 6 nitrogen and oxygen atoms in total. The molecule has 6 heteroatoms. The van der Waals surface area contributed by atoms with Crippen molar-refractivity contribution in [3.63, 3.8) is 0 Å². The molecule has 0 atom stereocenters. The number of nitrogens with zero attached hydrogens (tertiary/aromatic N) is 3. The normalized spacial score (nSPS) is 10.6. The Morgan fingerprint density at radius 1 is 1.47 bits per heavy atom. The number of rotatable bonds is 3. The van der Waals surface area contributed by atoms with Crippen molar-refractivity contribution in [1.82, 2.24) is 15.2 Å². The van der Waals surface area contributed by atoms with Crippen molar-refractivity contribution in [2.45, 2.75) is 6.92 Å². The minimum Gasteiger partial charge on any atom is -0.289 e. The van der Waals surface area contributed by atoms with E-state index in [1.54, 1.807) is 6.21 Å². The van der Waals surface area contributed by atoms with Crippen LogP contribution in [-0.2, 0) is 0 Å². The average molecular weight is 229 g/mol. The van der Waals surface area contributed by atoms with Gasteiger partial charge in [-0.1, -0.05) is 29.8 Å². The Bertz CT molecular complexity index is 590. The summed E-state index contributed by atoms with van der Waals surface area (Å²) in [4.78, 5) is 13.4. The van der Waals surface area contributed by atoms with E-state index in [2.05, 4.69) is 25.7 Å². The predicted molar refractivity (Wildman–Crippen MR) is 65.0 cm³/mol. The highest BCUT2D eigenvalue weighted by Crippen LogP contribution is 2.01. The van der Waals surface area contributed by atoms with Gasteiger partial charge in [-0.2, -0.15) is 5.10 Å². The molecule has 2 N–H and O–H groups in total. The molecular weight excluding hydrogens is 218 g/mol. The van der Waals surface area contributed by atoms with Gasteiger partial charge in [-0.25, -0.2) is 5.43 Å². The van der Waals surface area contributed by atoms with Gasteiger partial charge in [0.1, 0.15) is 6.20 Å². The SMILES string of the molecule is Cc1cccc(/C=N\Nc2nncc(=O)[nH]2)c1. The van der Waals surface area contributed by atoms with Gasteiger partial charge in [-0.05, 0) is 12.5 Å². The molecular formula is C11H11N5O. The number of anilines is 1. The van der Waals surface area contributed by atoms with Crippen LogP contribution in [0.4, 0.5) is 5.95 Å². The molecule has 0 amide bonds. The van der Waals surface area contributed by atoms with Gasteiger partial charge in [0, 0.05) is 0 Å². The lowest BCUT2D eigenvalue weighted by molar-refractivity contribution is 0.939. The zero-order valence-electron chi connectivity index (χ0n) is 9.21. The van der Waals surface area contributed by atoms with Crippen molar-refractivity contribution in [2.24, 2.45) is 5.10 Å². The van der Waals surface area contributed by atoms with Gasteiger partial charge in [0.25, 0.3) is 5.56 Å². The molecule has 0 radical (unpaired) electrons. The van der Waals surface area contributed by atoms with Crippen LogP contribution in [-0.4, -0.2) is 21.4 Å². The Kier molecular flexibility index (Phi) is 3.25. The van der Waals surface area contributed by atoms with Crippen LogP contribution in [0.15, 0.2) is 40.4 Å². The maximum atomic E-state index is 10.9. The zero-order chi connectivity index (χ0) is 12.1. The van der Waals surface area contributed by atoms with Crippen LogP contribution in [0.2, 0.25) is 0 Å². The molecule has 0 aliphatic heterocycles. The van der Waals surface area contributed by atoms with Gasteiger partial charge < -0.3 is 0 Å². The number of hydrazone groups is 1. The fraction of sp³-hybridized carbons (Fsp3) is 0.0909. The van der Waals surface area contributed by atoms with Crippen LogP contribution in [0.3, 0.4) is 0 Å². The molecule has 2 rings (SSSR count). The molecule has 1 heterocycles. The second kappa shape index (κ2) is 5.02. The lowest BCUT2D eigenvalue weighted by atomic mass is 10.2. The summed E-state index contributed by atoms with van der Waals surface area (Å²) < 4.78 is 0. The van der Waals surface area contributed by atoms with Gasteiger partial charge in [0.15, 0.2) is 0 Å². The minimum absolute atomic E-state index is 0.210. The third-order valence-corrected chi connectivity index (χ3v) is 2.00. The second-order valence-corrected chi connectivity index (χ2v) is 3.47. The van der Waals surface area contributed by atoms with Crippen molar-refractivity contribution in [3.8, 4) is 0 Å². The first kappa shape index (κ1) is 11.0. The van der Waals surface area contributed by atoms with Crippen molar-refractivity contribution in [3.05, 3.63) is 51.9 Å². The lowest BCUT2D eigenvalue weighted by Gasteiger charge is -1.97. The topological polar surface area (TPSA) is 83.0 Å². The number of benzene rings is 1. The van der Waals surface area contributed by atoms with E-state index in [0.29, 0.717) is 0 Å². The van der Waals surface area contributed by atoms with E-state index >= 15 is 0 Å². The molecule has 0 aliphatic rings. The fourth-order valence-corrected chi connectivity index (χ4v) is 1.28. The summed E-state index contributed by atoms with van der Waals surface area (Å²) in [5.74, 6) is 0.210. The van der Waals surface area contributed by atoms with Crippen molar-refractivity contribution in [1.29, 1.82) is 0 Å². The summed E-state index contributed by atoms with van der Waals surface area (Å²) in [6, 6.07) is 7.87. The Morgan fingerprint density at radius 3 is 3.12 bits per heavy atom. The summed E-state index contributed by atoms with van der Waals surface area (Å²) in [5.41, 5.74) is 4.38. The van der Waals surface area contributed by atoms with E-state index in [-0.39, 0.29) is 11.5 Å². The fourth-order valence-electron chi connectivity index (χ4n) is 1.28. The Balaban J connectivity index is 2.05. The number of hydrogen-bond donors (Lipinski definition) is 2. The Labute approximate surface area is 97.4 Å². The van der Waals surface area contributed by atoms with Crippen molar-refractivity contribution < 1.29 is 0 Å². The highest BCUT2D eigenvalue weighted by Gasteiger charge is 1.92. The molecule has 0 spiro atoms. The standard InChI is InChI=1S/C11H11N5O/c1-8-3-2-4-9(5-8)6-12-15-11-14-10(17)7-13-16-11/h2-7H,1H3,(H2,14,15,16,17)/b12-6-. The smallest absolute Gasteiger partial charge is 0.271 e. The van der Waals surface area contributed by atoms with Crippen LogP contribution in [0.5, 0.6) is 0 Å². The Hall–Kier alpha value is -2.50. The van der Waals surface area contributed by atoms with E-state index in [9.17, 15) is 4.79 Å². The summed E-state index contributed by atoms with van der Waals surface area (Å²) in [7, 11) is 0. The van der Waals surface area contributed by atoms with Crippen LogP contribution >= 0.6 is 0 Å². The van der Waals surface area contributed by atoms with E-state index in [1.807, 2.05) is 31.2 Å². The van der Waals surface area contributed by atoms with Crippen LogP contribution < -0.4 is 11.0 Å². The monoisotopic (exact) mass is 229 g/mol. The maximum absolute atomic E-state index is 10.9. The van der Waals surface area contributed by atoms with Crippen LogP contribution in [0, 0.1) is 6.92 Å². The first-order valence-corrected chi connectivity index (χ1v) is 5.02. The third-order valence-electron chi connectivity index (χ3n) is 2.00. The van der Waals surface area contributed by atoms with Crippen molar-refractivity contribution in [2.75, 3.05) is 5.43 Å². The van der Waals surface area contributed by atoms with E-state index in [0.717, 1.165) is 17.3 Å². The van der Waals surface area contributed by atoms with Gasteiger partial charge >= 0.3 is 0 Å². The molecule has 0 bridgehead atoms. The minimum atomic E-state index is -0.326. The van der Waals surface area contributed by atoms with E-state index in [4.69, 9.17) is 0 Å². The summed E-state index contributed by atoms with van der Waals surface area (Å²) >= 11 is 0. The number of aromatic amines is 1. The summed E-state index contributed by atoms with van der Waals surface area (Å²) in [5, 5.41) is 11.1. The molecule has 86 valence electrons. The average Bonchev–Trinajstić information content (AvgIpc) is 2.29. The molecule has 0 unspecified atom stereocenters. The van der Waals surface area contributed by atoms with Crippen LogP contribution in [0.25, 0.3) is 0 Å². The third kappa shape index (κ3) is 3.23. The van der Waals surface area contributed by atoms with E-state index < -0.39 is 0 Å². The number of aromatic nitrogens is 3. The number of H-pyrrole nitrogens is 1. The largest absolute Gasteiger partial charge is 0.289 e. The second-order valence-electron chi connectivity index (χ2n) is 3.47. The first-order chi connectivity index (χ1) is 8.24. The zero-order valence-corrected chi connectivity index (χ0v) is 9.21. The highest BCUT2D eigenvalue weighted by atomic mass is 16.1.